The van der Waals surface area contributed by atoms with Gasteiger partial charge in [0.15, 0.2) is 5.65 Å². The second-order valence-corrected chi connectivity index (χ2v) is 7.62. The second kappa shape index (κ2) is 7.80. The Kier molecular flexibility index (Phi) is 5.29. The Balaban J connectivity index is 1.60. The van der Waals surface area contributed by atoms with E-state index in [4.69, 9.17) is 11.6 Å². The molecule has 1 atom stereocenters. The first-order valence-corrected chi connectivity index (χ1v) is 9.68. The number of nitro benzene ring substituents is 1. The number of carbonyl (C=O) groups is 1. The summed E-state index contributed by atoms with van der Waals surface area (Å²) < 4.78 is 40.6. The molecule has 3 aromatic rings. The summed E-state index contributed by atoms with van der Waals surface area (Å²) in [5, 5.41) is 18.8. The van der Waals surface area contributed by atoms with Crippen molar-refractivity contribution in [1.29, 1.82) is 0 Å². The van der Waals surface area contributed by atoms with E-state index in [0.717, 1.165) is 18.3 Å². The van der Waals surface area contributed by atoms with Gasteiger partial charge in [0.2, 0.25) is 0 Å². The average molecular weight is 454 g/mol. The number of nitrogens with zero attached hydrogens (tertiary/aromatic N) is 5. The molecule has 1 saturated heterocycles. The maximum Gasteiger partial charge on any atom is 0.417 e. The number of benzene rings is 1. The zero-order valence-electron chi connectivity index (χ0n) is 15.8. The Hall–Kier alpha value is -3.21. The molecule has 0 spiro atoms. The Morgan fingerprint density at radius 1 is 1.23 bits per heavy atom. The van der Waals surface area contributed by atoms with E-state index in [2.05, 4.69) is 10.2 Å². The molecule has 0 bridgehead atoms. The van der Waals surface area contributed by atoms with Gasteiger partial charge in [0.1, 0.15) is 5.82 Å². The number of rotatable bonds is 3. The number of likely N-dealkylation sites (tertiary alicyclic amines) is 1. The van der Waals surface area contributed by atoms with E-state index in [0.29, 0.717) is 25.2 Å². The molecule has 3 heterocycles. The van der Waals surface area contributed by atoms with Crippen LogP contribution in [0.25, 0.3) is 5.65 Å². The molecular weight excluding hydrogens is 439 g/mol. The van der Waals surface area contributed by atoms with Crippen molar-refractivity contribution in [3.63, 3.8) is 0 Å². The smallest absolute Gasteiger partial charge is 0.338 e. The van der Waals surface area contributed by atoms with Gasteiger partial charge in [0, 0.05) is 37.3 Å². The molecule has 8 nitrogen and oxygen atoms in total. The molecule has 1 aliphatic heterocycles. The monoisotopic (exact) mass is 453 g/mol. The zero-order valence-corrected chi connectivity index (χ0v) is 16.6. The summed E-state index contributed by atoms with van der Waals surface area (Å²) >= 11 is 6.08. The minimum atomic E-state index is -4.50. The molecule has 1 amide bonds. The van der Waals surface area contributed by atoms with Crippen LogP contribution in [0.1, 0.15) is 40.5 Å². The van der Waals surface area contributed by atoms with Gasteiger partial charge < -0.3 is 4.90 Å². The fourth-order valence-corrected chi connectivity index (χ4v) is 3.94. The molecule has 1 aromatic carbocycles. The van der Waals surface area contributed by atoms with Crippen molar-refractivity contribution in [3.05, 3.63) is 68.6 Å². The van der Waals surface area contributed by atoms with Crippen molar-refractivity contribution in [2.75, 3.05) is 13.1 Å². The minimum Gasteiger partial charge on any atom is -0.338 e. The fourth-order valence-electron chi connectivity index (χ4n) is 3.69. The van der Waals surface area contributed by atoms with Crippen LogP contribution in [0.5, 0.6) is 0 Å². The van der Waals surface area contributed by atoms with Crippen LogP contribution in [0.15, 0.2) is 36.5 Å². The summed E-state index contributed by atoms with van der Waals surface area (Å²) in [5.41, 5.74) is -0.640. The molecule has 1 fully saturated rings. The Bertz CT molecular complexity index is 1180. The van der Waals surface area contributed by atoms with Crippen LogP contribution < -0.4 is 0 Å². The van der Waals surface area contributed by atoms with Crippen molar-refractivity contribution in [1.82, 2.24) is 19.5 Å². The lowest BCUT2D eigenvalue weighted by atomic mass is 9.96. The lowest BCUT2D eigenvalue weighted by Gasteiger charge is -2.32. The van der Waals surface area contributed by atoms with E-state index in [1.54, 1.807) is 0 Å². The topological polar surface area (TPSA) is 93.6 Å². The average Bonchev–Trinajstić information content (AvgIpc) is 3.16. The highest BCUT2D eigenvalue weighted by Gasteiger charge is 2.33. The summed E-state index contributed by atoms with van der Waals surface area (Å²) in [6.07, 6.45) is -2.32. The molecule has 1 unspecified atom stereocenters. The summed E-state index contributed by atoms with van der Waals surface area (Å²) in [6, 6.07) is 5.81. The first kappa shape index (κ1) is 21.0. The van der Waals surface area contributed by atoms with Gasteiger partial charge in [0.05, 0.1) is 21.1 Å². The van der Waals surface area contributed by atoms with E-state index in [-0.39, 0.29) is 34.4 Å². The Morgan fingerprint density at radius 3 is 2.68 bits per heavy atom. The van der Waals surface area contributed by atoms with Gasteiger partial charge in [-0.15, -0.1) is 10.2 Å². The van der Waals surface area contributed by atoms with E-state index < -0.39 is 22.6 Å². The fraction of sp³-hybridized carbons (Fsp3) is 0.316. The molecule has 0 radical (unpaired) electrons. The predicted molar refractivity (Wildman–Crippen MR) is 104 cm³/mol. The largest absolute Gasteiger partial charge is 0.417 e. The maximum atomic E-state index is 13.1. The van der Waals surface area contributed by atoms with Crippen LogP contribution in [0.2, 0.25) is 5.02 Å². The SMILES string of the molecule is O=C(c1ccc([N+](=O)[O-])cc1Cl)N1CCCC(c2nnc3ccc(C(F)(F)F)cn23)C1. The van der Waals surface area contributed by atoms with E-state index in [1.165, 1.54) is 27.5 Å². The third kappa shape index (κ3) is 4.05. The number of pyridine rings is 1. The van der Waals surface area contributed by atoms with Gasteiger partial charge in [-0.05, 0) is 31.0 Å². The van der Waals surface area contributed by atoms with E-state index in [1.807, 2.05) is 0 Å². The quantitative estimate of drug-likeness (QED) is 0.434. The summed E-state index contributed by atoms with van der Waals surface area (Å²) in [7, 11) is 0. The number of aromatic nitrogens is 3. The van der Waals surface area contributed by atoms with E-state index >= 15 is 0 Å². The normalized spacial score (nSPS) is 17.2. The first-order valence-electron chi connectivity index (χ1n) is 9.30. The summed E-state index contributed by atoms with van der Waals surface area (Å²) in [4.78, 5) is 24.7. The third-order valence-electron chi connectivity index (χ3n) is 5.22. The van der Waals surface area contributed by atoms with Gasteiger partial charge in [-0.25, -0.2) is 0 Å². The number of carbonyl (C=O) groups excluding carboxylic acids is 1. The second-order valence-electron chi connectivity index (χ2n) is 7.21. The molecule has 0 N–H and O–H groups in total. The van der Waals surface area contributed by atoms with Crippen LogP contribution >= 0.6 is 11.6 Å². The number of hydrogen-bond acceptors (Lipinski definition) is 5. The Labute approximate surface area is 178 Å². The van der Waals surface area contributed by atoms with Crippen LogP contribution in [0.3, 0.4) is 0 Å². The standard InChI is InChI=1S/C19H15ClF3N5O3/c20-15-8-13(28(30)31)4-5-14(15)18(29)26-7-1-2-11(9-26)17-25-24-16-6-3-12(10-27(16)17)19(21,22)23/h3-6,8,10-11H,1-2,7,9H2. The van der Waals surface area contributed by atoms with Gasteiger partial charge >= 0.3 is 6.18 Å². The summed E-state index contributed by atoms with van der Waals surface area (Å²) in [5.74, 6) is -0.393. The molecule has 12 heteroatoms. The zero-order chi connectivity index (χ0) is 22.3. The highest BCUT2D eigenvalue weighted by Crippen LogP contribution is 2.32. The number of amides is 1. The van der Waals surface area contributed by atoms with Gasteiger partial charge in [0.25, 0.3) is 11.6 Å². The number of non-ortho nitro benzene ring substituents is 1. The number of nitro groups is 1. The van der Waals surface area contributed by atoms with Crippen molar-refractivity contribution in [2.45, 2.75) is 24.9 Å². The third-order valence-corrected chi connectivity index (χ3v) is 5.54. The predicted octanol–water partition coefficient (Wildman–Crippen LogP) is 4.33. The van der Waals surface area contributed by atoms with Crippen LogP contribution in [0, 0.1) is 10.1 Å². The van der Waals surface area contributed by atoms with Crippen molar-refractivity contribution in [2.24, 2.45) is 0 Å². The van der Waals surface area contributed by atoms with Gasteiger partial charge in [-0.1, -0.05) is 11.6 Å². The van der Waals surface area contributed by atoms with Gasteiger partial charge in [-0.2, -0.15) is 13.2 Å². The van der Waals surface area contributed by atoms with Crippen molar-refractivity contribution >= 4 is 28.8 Å². The Morgan fingerprint density at radius 2 is 2.00 bits per heavy atom. The van der Waals surface area contributed by atoms with Gasteiger partial charge in [-0.3, -0.25) is 19.3 Å². The highest BCUT2D eigenvalue weighted by atomic mass is 35.5. The lowest BCUT2D eigenvalue weighted by Crippen LogP contribution is -2.39. The molecular formula is C19H15ClF3N5O3. The number of piperidine rings is 1. The van der Waals surface area contributed by atoms with Crippen LogP contribution in [-0.4, -0.2) is 43.4 Å². The van der Waals surface area contributed by atoms with Crippen molar-refractivity contribution < 1.29 is 22.9 Å². The number of halogens is 4. The minimum absolute atomic E-state index is 0.0379. The number of fused-ring (bicyclic) bond motifs is 1. The molecule has 0 aliphatic carbocycles. The van der Waals surface area contributed by atoms with Crippen LogP contribution in [-0.2, 0) is 6.18 Å². The molecule has 162 valence electrons. The molecule has 2 aromatic heterocycles. The van der Waals surface area contributed by atoms with Crippen LogP contribution in [0.4, 0.5) is 18.9 Å². The maximum absolute atomic E-state index is 13.1. The first-order chi connectivity index (χ1) is 14.6. The lowest BCUT2D eigenvalue weighted by molar-refractivity contribution is -0.384. The number of alkyl halides is 3. The molecule has 31 heavy (non-hydrogen) atoms. The van der Waals surface area contributed by atoms with E-state index in [9.17, 15) is 28.1 Å². The highest BCUT2D eigenvalue weighted by molar-refractivity contribution is 6.34. The van der Waals surface area contributed by atoms with Crippen molar-refractivity contribution in [3.8, 4) is 0 Å². The number of hydrogen-bond donors (Lipinski definition) is 0. The molecule has 4 rings (SSSR count). The molecule has 0 saturated carbocycles. The molecule has 1 aliphatic rings. The summed E-state index contributed by atoms with van der Waals surface area (Å²) in [6.45, 7) is 0.635.